The molecule has 26 heavy (non-hydrogen) atoms. The van der Waals surface area contributed by atoms with E-state index < -0.39 is 15.1 Å². The van der Waals surface area contributed by atoms with Gasteiger partial charge in [0.15, 0.2) is 0 Å². The summed E-state index contributed by atoms with van der Waals surface area (Å²) < 4.78 is 29.1. The molecule has 1 aromatic rings. The van der Waals surface area contributed by atoms with Crippen LogP contribution in [0.25, 0.3) is 0 Å². The molecule has 2 atom stereocenters. The first-order chi connectivity index (χ1) is 12.3. The zero-order chi connectivity index (χ0) is 18.9. The van der Waals surface area contributed by atoms with Crippen LogP contribution in [0.3, 0.4) is 0 Å². The lowest BCUT2D eigenvalue weighted by molar-refractivity contribution is -0.384. The number of piperazine rings is 1. The molecule has 0 aliphatic carbocycles. The Bertz CT molecular complexity index is 735. The summed E-state index contributed by atoms with van der Waals surface area (Å²) >= 11 is 0. The molecule has 9 heteroatoms. The highest BCUT2D eigenvalue weighted by molar-refractivity contribution is 7.86. The molecule has 0 spiro atoms. The van der Waals surface area contributed by atoms with Gasteiger partial charge in [0.2, 0.25) is 0 Å². The van der Waals surface area contributed by atoms with Crippen LogP contribution in [0, 0.1) is 22.0 Å². The van der Waals surface area contributed by atoms with E-state index in [0.717, 1.165) is 12.1 Å². The molecule has 2 aliphatic heterocycles. The number of hydrogen-bond donors (Lipinski definition) is 0. The van der Waals surface area contributed by atoms with E-state index in [2.05, 4.69) is 18.7 Å². The average molecular weight is 382 g/mol. The quantitative estimate of drug-likeness (QED) is 0.587. The second kappa shape index (κ2) is 7.50. The summed E-state index contributed by atoms with van der Waals surface area (Å²) in [5.41, 5.74) is 0.941. The molecule has 0 radical (unpaired) electrons. The molecule has 3 rings (SSSR count). The summed E-state index contributed by atoms with van der Waals surface area (Å²) in [4.78, 5) is 12.4. The molecule has 0 aromatic heterocycles. The second-order valence-corrected chi connectivity index (χ2v) is 9.36. The van der Waals surface area contributed by atoms with Crippen LogP contribution in [-0.2, 0) is 10.2 Å². The number of piperidine rings is 1. The van der Waals surface area contributed by atoms with Crippen LogP contribution in [0.2, 0.25) is 0 Å². The van der Waals surface area contributed by atoms with Crippen LogP contribution in [0.4, 0.5) is 11.4 Å². The lowest BCUT2D eigenvalue weighted by Crippen LogP contribution is -2.55. The number of hydrogen-bond acceptors (Lipinski definition) is 5. The van der Waals surface area contributed by atoms with Crippen molar-refractivity contribution < 1.29 is 13.3 Å². The van der Waals surface area contributed by atoms with Crippen LogP contribution < -0.4 is 4.90 Å². The zero-order valence-electron chi connectivity index (χ0n) is 15.2. The number of nitro groups is 1. The first-order valence-corrected chi connectivity index (χ1v) is 10.4. The molecule has 8 nitrogen and oxygen atoms in total. The van der Waals surface area contributed by atoms with Crippen LogP contribution in [-0.4, -0.2) is 61.2 Å². The minimum Gasteiger partial charge on any atom is -0.369 e. The molecule has 0 saturated carbocycles. The van der Waals surface area contributed by atoms with Gasteiger partial charge in [-0.25, -0.2) is 0 Å². The normalized spacial score (nSPS) is 26.0. The summed E-state index contributed by atoms with van der Waals surface area (Å²) in [6.07, 6.45) is 1.07. The van der Waals surface area contributed by atoms with Crippen molar-refractivity contribution >= 4 is 21.6 Å². The first-order valence-electron chi connectivity index (χ1n) is 9.02. The third kappa shape index (κ3) is 3.99. The Morgan fingerprint density at radius 1 is 0.962 bits per heavy atom. The van der Waals surface area contributed by atoms with Crippen LogP contribution in [0.15, 0.2) is 24.3 Å². The maximum atomic E-state index is 13.0. The second-order valence-electron chi connectivity index (χ2n) is 7.43. The molecule has 2 heterocycles. The van der Waals surface area contributed by atoms with Crippen molar-refractivity contribution in [2.45, 2.75) is 20.3 Å². The van der Waals surface area contributed by atoms with E-state index >= 15 is 0 Å². The van der Waals surface area contributed by atoms with Gasteiger partial charge in [0.25, 0.3) is 15.9 Å². The van der Waals surface area contributed by atoms with Crippen LogP contribution >= 0.6 is 0 Å². The standard InChI is InChI=1S/C17H26N4O4S/c1-14-11-15(2)13-20(12-14)26(24,25)19-9-7-18(8-10-19)16-3-5-17(6-4-16)21(22)23/h3-6,14-15H,7-13H2,1-2H3/t14-,15+. The van der Waals surface area contributed by atoms with Gasteiger partial charge in [-0.15, -0.1) is 0 Å². The van der Waals surface area contributed by atoms with Crippen molar-refractivity contribution in [2.24, 2.45) is 11.8 Å². The molecule has 0 bridgehead atoms. The maximum absolute atomic E-state index is 13.0. The van der Waals surface area contributed by atoms with Crippen molar-refractivity contribution in [1.29, 1.82) is 0 Å². The first kappa shape index (κ1) is 19.1. The van der Waals surface area contributed by atoms with Crippen LogP contribution in [0.1, 0.15) is 20.3 Å². The molecule has 0 unspecified atom stereocenters. The number of nitro benzene ring substituents is 1. The fourth-order valence-corrected chi connectivity index (χ4v) is 5.76. The number of rotatable bonds is 4. The van der Waals surface area contributed by atoms with Crippen molar-refractivity contribution in [3.8, 4) is 0 Å². The molecule has 2 aliphatic rings. The van der Waals surface area contributed by atoms with E-state index in [1.165, 1.54) is 12.1 Å². The Balaban J connectivity index is 1.63. The van der Waals surface area contributed by atoms with Gasteiger partial charge in [-0.1, -0.05) is 13.8 Å². The van der Waals surface area contributed by atoms with Gasteiger partial charge >= 0.3 is 0 Å². The highest BCUT2D eigenvalue weighted by Gasteiger charge is 2.36. The molecule has 144 valence electrons. The summed E-state index contributed by atoms with van der Waals surface area (Å²) in [6.45, 7) is 7.41. The Kier molecular flexibility index (Phi) is 5.50. The fraction of sp³-hybridized carbons (Fsp3) is 0.647. The smallest absolute Gasteiger partial charge is 0.282 e. The third-order valence-electron chi connectivity index (χ3n) is 5.15. The van der Waals surface area contributed by atoms with E-state index in [4.69, 9.17) is 0 Å². The van der Waals surface area contributed by atoms with Gasteiger partial charge in [-0.2, -0.15) is 17.0 Å². The minimum atomic E-state index is -3.42. The largest absolute Gasteiger partial charge is 0.369 e. The topological polar surface area (TPSA) is 87.0 Å². The van der Waals surface area contributed by atoms with Gasteiger partial charge in [-0.3, -0.25) is 10.1 Å². The molecule has 2 fully saturated rings. The van der Waals surface area contributed by atoms with Gasteiger partial charge in [0, 0.05) is 57.1 Å². The van der Waals surface area contributed by atoms with Gasteiger partial charge in [0.1, 0.15) is 0 Å². The monoisotopic (exact) mass is 382 g/mol. The predicted molar refractivity (Wildman–Crippen MR) is 100 cm³/mol. The van der Waals surface area contributed by atoms with E-state index in [-0.39, 0.29) is 5.69 Å². The summed E-state index contributed by atoms with van der Waals surface area (Å²) in [7, 11) is -3.42. The molecule has 1 aromatic carbocycles. The molecule has 2 saturated heterocycles. The summed E-state index contributed by atoms with van der Waals surface area (Å²) in [6, 6.07) is 6.40. The van der Waals surface area contributed by atoms with Crippen molar-refractivity contribution in [2.75, 3.05) is 44.2 Å². The highest BCUT2D eigenvalue weighted by atomic mass is 32.2. The lowest BCUT2D eigenvalue weighted by Gasteiger charge is -2.40. The van der Waals surface area contributed by atoms with E-state index in [1.807, 2.05) is 0 Å². The minimum absolute atomic E-state index is 0.0586. The fourth-order valence-electron chi connectivity index (χ4n) is 3.92. The van der Waals surface area contributed by atoms with E-state index in [9.17, 15) is 18.5 Å². The van der Waals surface area contributed by atoms with Gasteiger partial charge < -0.3 is 4.90 Å². The molecular weight excluding hydrogens is 356 g/mol. The zero-order valence-corrected chi connectivity index (χ0v) is 16.1. The van der Waals surface area contributed by atoms with Crippen molar-refractivity contribution in [1.82, 2.24) is 8.61 Å². The number of benzene rings is 1. The summed E-state index contributed by atoms with van der Waals surface area (Å²) in [5, 5.41) is 10.8. The highest BCUT2D eigenvalue weighted by Crippen LogP contribution is 2.26. The van der Waals surface area contributed by atoms with E-state index in [1.54, 1.807) is 20.7 Å². The Morgan fingerprint density at radius 2 is 1.50 bits per heavy atom. The van der Waals surface area contributed by atoms with Gasteiger partial charge in [0.05, 0.1) is 4.92 Å². The molecule has 0 N–H and O–H groups in total. The Hall–Kier alpha value is -1.71. The number of non-ortho nitro benzene ring substituents is 1. The lowest BCUT2D eigenvalue weighted by atomic mass is 9.94. The molecular formula is C17H26N4O4S. The van der Waals surface area contributed by atoms with E-state index in [0.29, 0.717) is 51.1 Å². The Morgan fingerprint density at radius 3 is 2.00 bits per heavy atom. The van der Waals surface area contributed by atoms with Crippen LogP contribution in [0.5, 0.6) is 0 Å². The SMILES string of the molecule is C[C@@H]1C[C@H](C)CN(S(=O)(=O)N2CCN(c3ccc([N+](=O)[O-])cc3)CC2)C1. The van der Waals surface area contributed by atoms with Crippen molar-refractivity contribution in [3.05, 3.63) is 34.4 Å². The maximum Gasteiger partial charge on any atom is 0.282 e. The number of nitrogens with zero attached hydrogens (tertiary/aromatic N) is 4. The van der Waals surface area contributed by atoms with Crippen molar-refractivity contribution in [3.63, 3.8) is 0 Å². The molecule has 0 amide bonds. The predicted octanol–water partition coefficient (Wildman–Crippen LogP) is 1.94. The van der Waals surface area contributed by atoms with Gasteiger partial charge in [-0.05, 0) is 30.4 Å². The number of anilines is 1. The third-order valence-corrected chi connectivity index (χ3v) is 7.12. The Labute approximate surface area is 154 Å². The average Bonchev–Trinajstić information content (AvgIpc) is 2.61. The summed E-state index contributed by atoms with van der Waals surface area (Å²) in [5.74, 6) is 0.768.